The van der Waals surface area contributed by atoms with Crippen LogP contribution in [0.4, 0.5) is 0 Å². The molecule has 0 aromatic carbocycles. The highest BCUT2D eigenvalue weighted by molar-refractivity contribution is 6.03. The van der Waals surface area contributed by atoms with Crippen molar-refractivity contribution in [3.8, 4) is 0 Å². The van der Waals surface area contributed by atoms with Crippen molar-refractivity contribution in [1.82, 2.24) is 4.90 Å². The molecule has 2 N–H and O–H groups in total. The molecule has 0 bridgehead atoms. The van der Waals surface area contributed by atoms with E-state index in [0.717, 1.165) is 6.42 Å². The fraction of sp³-hybridized carbons (Fsp3) is 0.700. The van der Waals surface area contributed by atoms with E-state index in [2.05, 4.69) is 5.73 Å². The molecule has 5 nitrogen and oxygen atoms in total. The van der Waals surface area contributed by atoms with Gasteiger partial charge in [-0.15, -0.1) is 0 Å². The molecule has 1 unspecified atom stereocenters. The van der Waals surface area contributed by atoms with E-state index in [1.807, 2.05) is 6.92 Å². The Labute approximate surface area is 89.6 Å². The third-order valence-corrected chi connectivity index (χ3v) is 1.92. The average molecular weight is 214 g/mol. The standard InChI is InChI=1S/C8H13NO2.C2H5NO/c1-3-4-9-7(10)5-6(2)8(9)11;1-2(3)4/h6H,3-5H2,1-2H3;1H3,(H2,3,4). The summed E-state index contributed by atoms with van der Waals surface area (Å²) in [6.45, 7) is 5.65. The number of nitrogens with zero attached hydrogens (tertiary/aromatic N) is 1. The van der Waals surface area contributed by atoms with E-state index in [1.54, 1.807) is 6.92 Å². The molecule has 1 fully saturated rings. The molecular formula is C10H18N2O3. The van der Waals surface area contributed by atoms with E-state index in [9.17, 15) is 14.4 Å². The molecule has 1 aliphatic rings. The van der Waals surface area contributed by atoms with Crippen LogP contribution in [0.25, 0.3) is 0 Å². The predicted molar refractivity (Wildman–Crippen MR) is 55.7 cm³/mol. The molecule has 0 radical (unpaired) electrons. The Balaban J connectivity index is 0.000000423. The zero-order valence-corrected chi connectivity index (χ0v) is 9.45. The zero-order valence-electron chi connectivity index (χ0n) is 9.45. The van der Waals surface area contributed by atoms with Gasteiger partial charge in [0.05, 0.1) is 0 Å². The summed E-state index contributed by atoms with van der Waals surface area (Å²) in [5, 5.41) is 0. The van der Waals surface area contributed by atoms with Crippen LogP contribution in [0.2, 0.25) is 0 Å². The summed E-state index contributed by atoms with van der Waals surface area (Å²) < 4.78 is 0. The lowest BCUT2D eigenvalue weighted by Gasteiger charge is -2.11. The van der Waals surface area contributed by atoms with Gasteiger partial charge in [0.1, 0.15) is 0 Å². The summed E-state index contributed by atoms with van der Waals surface area (Å²) in [4.78, 5) is 32.9. The minimum atomic E-state index is -0.333. The van der Waals surface area contributed by atoms with Gasteiger partial charge in [0.25, 0.3) is 0 Å². The van der Waals surface area contributed by atoms with Gasteiger partial charge < -0.3 is 5.73 Å². The number of imide groups is 1. The number of amides is 3. The lowest BCUT2D eigenvalue weighted by molar-refractivity contribution is -0.139. The van der Waals surface area contributed by atoms with Crippen molar-refractivity contribution in [2.45, 2.75) is 33.6 Å². The third kappa shape index (κ3) is 4.58. The highest BCUT2D eigenvalue weighted by atomic mass is 16.2. The van der Waals surface area contributed by atoms with Crippen LogP contribution in [0.5, 0.6) is 0 Å². The largest absolute Gasteiger partial charge is 0.370 e. The topological polar surface area (TPSA) is 80.5 Å². The van der Waals surface area contributed by atoms with Crippen LogP contribution < -0.4 is 5.73 Å². The van der Waals surface area contributed by atoms with E-state index in [0.29, 0.717) is 13.0 Å². The summed E-state index contributed by atoms with van der Waals surface area (Å²) in [5.74, 6) is -0.435. The number of hydrogen-bond acceptors (Lipinski definition) is 3. The van der Waals surface area contributed by atoms with Crippen LogP contribution in [-0.2, 0) is 14.4 Å². The monoisotopic (exact) mass is 214 g/mol. The minimum Gasteiger partial charge on any atom is -0.370 e. The Morgan fingerprint density at radius 3 is 2.27 bits per heavy atom. The summed E-state index contributed by atoms with van der Waals surface area (Å²) in [6, 6.07) is 0. The molecule has 1 heterocycles. The smallest absolute Gasteiger partial charge is 0.232 e. The van der Waals surface area contributed by atoms with Gasteiger partial charge in [-0.3, -0.25) is 19.3 Å². The molecule has 5 heteroatoms. The van der Waals surface area contributed by atoms with E-state index >= 15 is 0 Å². The molecule has 0 aromatic rings. The van der Waals surface area contributed by atoms with Crippen molar-refractivity contribution in [2.24, 2.45) is 11.7 Å². The molecule has 0 spiro atoms. The maximum absolute atomic E-state index is 11.2. The van der Waals surface area contributed by atoms with Crippen LogP contribution in [0.3, 0.4) is 0 Å². The fourth-order valence-corrected chi connectivity index (χ4v) is 1.31. The minimum absolute atomic E-state index is 0.00292. The molecule has 15 heavy (non-hydrogen) atoms. The predicted octanol–water partition coefficient (Wildman–Crippen LogP) is 0.283. The first-order chi connectivity index (χ1) is 6.90. The third-order valence-electron chi connectivity index (χ3n) is 1.92. The van der Waals surface area contributed by atoms with E-state index in [-0.39, 0.29) is 23.6 Å². The van der Waals surface area contributed by atoms with E-state index in [1.165, 1.54) is 11.8 Å². The van der Waals surface area contributed by atoms with Crippen molar-refractivity contribution in [3.05, 3.63) is 0 Å². The Bertz CT molecular complexity index is 259. The van der Waals surface area contributed by atoms with E-state index in [4.69, 9.17) is 0 Å². The lowest BCUT2D eigenvalue weighted by atomic mass is 10.1. The summed E-state index contributed by atoms with van der Waals surface area (Å²) >= 11 is 0. The SMILES string of the molecule is CC(N)=O.CCCN1C(=O)CC(C)C1=O. The molecule has 1 rings (SSSR count). The molecule has 1 aliphatic heterocycles. The first kappa shape index (κ1) is 13.6. The van der Waals surface area contributed by atoms with Crippen LogP contribution in [0.1, 0.15) is 33.6 Å². The molecule has 0 saturated carbocycles. The Kier molecular flexibility index (Phi) is 5.59. The van der Waals surface area contributed by atoms with Crippen molar-refractivity contribution in [1.29, 1.82) is 0 Å². The Hall–Kier alpha value is -1.39. The van der Waals surface area contributed by atoms with Gasteiger partial charge in [-0.25, -0.2) is 0 Å². The van der Waals surface area contributed by atoms with Crippen LogP contribution in [-0.4, -0.2) is 29.2 Å². The van der Waals surface area contributed by atoms with Gasteiger partial charge in [0.15, 0.2) is 0 Å². The lowest BCUT2D eigenvalue weighted by Crippen LogP contribution is -2.30. The molecule has 0 aliphatic carbocycles. The van der Waals surface area contributed by atoms with E-state index < -0.39 is 0 Å². The summed E-state index contributed by atoms with van der Waals surface area (Å²) in [7, 11) is 0. The number of rotatable bonds is 2. The molecule has 3 amide bonds. The van der Waals surface area contributed by atoms with Crippen LogP contribution in [0, 0.1) is 5.92 Å². The number of primary amides is 1. The van der Waals surface area contributed by atoms with Crippen LogP contribution in [0.15, 0.2) is 0 Å². The van der Waals surface area contributed by atoms with Gasteiger partial charge in [0, 0.05) is 25.8 Å². The second-order valence-electron chi connectivity index (χ2n) is 3.60. The highest BCUT2D eigenvalue weighted by Gasteiger charge is 2.34. The fourth-order valence-electron chi connectivity index (χ4n) is 1.31. The van der Waals surface area contributed by atoms with Gasteiger partial charge in [0.2, 0.25) is 17.7 Å². The summed E-state index contributed by atoms with van der Waals surface area (Å²) in [6.07, 6.45) is 1.25. The van der Waals surface area contributed by atoms with Crippen LogP contribution >= 0.6 is 0 Å². The number of likely N-dealkylation sites (tertiary alicyclic amines) is 1. The highest BCUT2D eigenvalue weighted by Crippen LogP contribution is 2.18. The zero-order chi connectivity index (χ0) is 12.0. The maximum atomic E-state index is 11.2. The van der Waals surface area contributed by atoms with Crippen molar-refractivity contribution in [3.63, 3.8) is 0 Å². The van der Waals surface area contributed by atoms with Crippen molar-refractivity contribution < 1.29 is 14.4 Å². The Morgan fingerprint density at radius 1 is 1.53 bits per heavy atom. The molecular weight excluding hydrogens is 196 g/mol. The number of carbonyl (C=O) groups is 3. The molecule has 86 valence electrons. The average Bonchev–Trinajstić information content (AvgIpc) is 2.32. The number of hydrogen-bond donors (Lipinski definition) is 1. The second kappa shape index (κ2) is 6.16. The van der Waals surface area contributed by atoms with Gasteiger partial charge >= 0.3 is 0 Å². The summed E-state index contributed by atoms with van der Waals surface area (Å²) in [5.41, 5.74) is 4.47. The maximum Gasteiger partial charge on any atom is 0.232 e. The van der Waals surface area contributed by atoms with Gasteiger partial charge in [-0.1, -0.05) is 13.8 Å². The first-order valence-electron chi connectivity index (χ1n) is 5.00. The first-order valence-corrected chi connectivity index (χ1v) is 5.00. The van der Waals surface area contributed by atoms with Gasteiger partial charge in [-0.05, 0) is 6.42 Å². The normalized spacial score (nSPS) is 19.9. The molecule has 1 saturated heterocycles. The molecule has 0 aromatic heterocycles. The Morgan fingerprint density at radius 2 is 2.00 bits per heavy atom. The van der Waals surface area contributed by atoms with Gasteiger partial charge in [-0.2, -0.15) is 0 Å². The molecule has 1 atom stereocenters. The quantitative estimate of drug-likeness (QED) is 0.670. The van der Waals surface area contributed by atoms with Crippen molar-refractivity contribution >= 4 is 17.7 Å². The number of carbonyl (C=O) groups excluding carboxylic acids is 3. The number of nitrogens with two attached hydrogens (primary N) is 1. The second-order valence-corrected chi connectivity index (χ2v) is 3.60. The van der Waals surface area contributed by atoms with Crippen molar-refractivity contribution in [2.75, 3.05) is 6.54 Å².